The van der Waals surface area contributed by atoms with E-state index < -0.39 is 5.97 Å². The average molecular weight is 700 g/mol. The molecule has 2 aliphatic rings. The van der Waals surface area contributed by atoms with Gasteiger partial charge in [-0.2, -0.15) is 0 Å². The Kier molecular flexibility index (Phi) is 13.7. The molecule has 0 bridgehead atoms. The van der Waals surface area contributed by atoms with Crippen molar-refractivity contribution in [2.75, 3.05) is 32.8 Å². The highest BCUT2D eigenvalue weighted by Crippen LogP contribution is 2.30. The maximum Gasteiger partial charge on any atom is 0.338 e. The molecule has 248 valence electrons. The molecule has 2 aliphatic heterocycles. The van der Waals surface area contributed by atoms with Crippen LogP contribution in [0.3, 0.4) is 0 Å². The molecule has 2 saturated heterocycles. The van der Waals surface area contributed by atoms with Crippen LogP contribution in [0, 0.1) is 33.1 Å². The number of hydrogen-bond acceptors (Lipinski definition) is 9. The van der Waals surface area contributed by atoms with Gasteiger partial charge in [-0.25, -0.2) is 14.6 Å². The molecular formula is C34H43BrN4O7. The second-order valence-electron chi connectivity index (χ2n) is 11.2. The summed E-state index contributed by atoms with van der Waals surface area (Å²) < 4.78 is 20.3. The number of rotatable bonds is 7. The zero-order valence-corrected chi connectivity index (χ0v) is 28.8. The summed E-state index contributed by atoms with van der Waals surface area (Å²) in [5, 5.41) is 7.80. The number of H-pyrrole nitrogens is 1. The van der Waals surface area contributed by atoms with Crippen LogP contribution in [-0.2, 0) is 23.7 Å². The van der Waals surface area contributed by atoms with E-state index in [2.05, 4.69) is 30.6 Å². The summed E-state index contributed by atoms with van der Waals surface area (Å²) in [6, 6.07) is 7.24. The molecule has 3 heterocycles. The summed E-state index contributed by atoms with van der Waals surface area (Å²) in [7, 11) is 2.72. The number of halogens is 1. The van der Waals surface area contributed by atoms with Gasteiger partial charge in [0, 0.05) is 24.3 Å². The fourth-order valence-corrected chi connectivity index (χ4v) is 5.65. The van der Waals surface area contributed by atoms with Crippen molar-refractivity contribution in [3.8, 4) is 11.4 Å². The van der Waals surface area contributed by atoms with Crippen LogP contribution in [0.5, 0.6) is 0 Å². The SMILES string of the molecule is COC(=O)c1cc(-c2ncc([C@@H]3CCCO3)[nH]2)c(C)cc1C.COC(=O)c1cc(C(=N)N)c(C)cc1C.O=C(CBr)[C@@H]1CCCO1. The van der Waals surface area contributed by atoms with Crippen molar-refractivity contribution < 1.29 is 33.3 Å². The largest absolute Gasteiger partial charge is 0.465 e. The minimum atomic E-state index is -0.407. The Labute approximate surface area is 278 Å². The van der Waals surface area contributed by atoms with Crippen molar-refractivity contribution in [2.24, 2.45) is 5.73 Å². The van der Waals surface area contributed by atoms with E-state index in [4.69, 9.17) is 25.4 Å². The van der Waals surface area contributed by atoms with Gasteiger partial charge in [0.2, 0.25) is 0 Å². The highest BCUT2D eigenvalue weighted by Gasteiger charge is 2.22. The summed E-state index contributed by atoms with van der Waals surface area (Å²) in [6.45, 7) is 9.15. The van der Waals surface area contributed by atoms with Crippen molar-refractivity contribution in [1.29, 1.82) is 5.41 Å². The Bertz CT molecular complexity index is 1560. The number of ether oxygens (including phenoxy) is 4. The van der Waals surface area contributed by atoms with Gasteiger partial charge in [0.25, 0.3) is 0 Å². The van der Waals surface area contributed by atoms with Crippen molar-refractivity contribution in [2.45, 2.75) is 65.6 Å². The summed E-state index contributed by atoms with van der Waals surface area (Å²) in [4.78, 5) is 41.9. The molecule has 1 aromatic heterocycles. The molecule has 2 fully saturated rings. The van der Waals surface area contributed by atoms with E-state index in [-0.39, 0.29) is 29.8 Å². The first-order chi connectivity index (χ1) is 21.9. The van der Waals surface area contributed by atoms with Crippen LogP contribution < -0.4 is 5.73 Å². The van der Waals surface area contributed by atoms with E-state index in [1.165, 1.54) is 14.2 Å². The van der Waals surface area contributed by atoms with E-state index in [1.807, 2.05) is 52.1 Å². The highest BCUT2D eigenvalue weighted by atomic mass is 79.9. The molecule has 0 spiro atoms. The molecular weight excluding hydrogens is 656 g/mol. The van der Waals surface area contributed by atoms with E-state index in [1.54, 1.807) is 6.07 Å². The summed E-state index contributed by atoms with van der Waals surface area (Å²) in [6.07, 6.45) is 5.85. The highest BCUT2D eigenvalue weighted by molar-refractivity contribution is 9.09. The third-order valence-corrected chi connectivity index (χ3v) is 8.34. The number of alkyl halides is 1. The Hall–Kier alpha value is -3.87. The number of benzene rings is 2. The molecule has 2 aromatic carbocycles. The van der Waals surface area contributed by atoms with Gasteiger partial charge in [0.05, 0.1) is 48.7 Å². The molecule has 11 nitrogen and oxygen atoms in total. The van der Waals surface area contributed by atoms with E-state index in [9.17, 15) is 14.4 Å². The van der Waals surface area contributed by atoms with Gasteiger partial charge in [-0.05, 0) is 87.8 Å². The Morgan fingerprint density at radius 2 is 1.46 bits per heavy atom. The first-order valence-corrected chi connectivity index (χ1v) is 16.1. The number of carbonyl (C=O) groups excluding carboxylic acids is 3. The second-order valence-corrected chi connectivity index (χ2v) is 11.7. The van der Waals surface area contributed by atoms with Crippen LogP contribution in [-0.4, -0.2) is 72.4 Å². The molecule has 5 rings (SSSR count). The molecule has 4 N–H and O–H groups in total. The van der Waals surface area contributed by atoms with Gasteiger partial charge < -0.3 is 29.7 Å². The second kappa shape index (κ2) is 17.2. The lowest BCUT2D eigenvalue weighted by atomic mass is 9.99. The van der Waals surface area contributed by atoms with Crippen molar-refractivity contribution >= 4 is 39.5 Å². The normalized spacial score (nSPS) is 16.8. The number of Topliss-reactive ketones (excluding diaryl/α,β-unsaturated/α-hetero) is 1. The molecule has 0 unspecified atom stereocenters. The Morgan fingerprint density at radius 3 is 1.98 bits per heavy atom. The molecule has 2 atom stereocenters. The number of esters is 2. The number of amidine groups is 1. The van der Waals surface area contributed by atoms with Crippen molar-refractivity contribution in [3.05, 3.63) is 75.1 Å². The zero-order valence-electron chi connectivity index (χ0n) is 27.3. The summed E-state index contributed by atoms with van der Waals surface area (Å²) >= 11 is 3.10. The fourth-order valence-electron chi connectivity index (χ4n) is 5.29. The first-order valence-electron chi connectivity index (χ1n) is 15.0. The fraction of sp³-hybridized carbons (Fsp3) is 0.441. The van der Waals surface area contributed by atoms with Gasteiger partial charge in [-0.15, -0.1) is 0 Å². The number of aromatic nitrogens is 2. The van der Waals surface area contributed by atoms with Crippen LogP contribution in [0.1, 0.15) is 86.0 Å². The number of nitrogens with zero attached hydrogens (tertiary/aromatic N) is 1. The third-order valence-electron chi connectivity index (χ3n) is 7.79. The standard InChI is InChI=1S/C17H20N2O3.C11H14N2O2.C6H9BrO2/c1-10-7-11(2)13(17(20)21-3)8-12(10)16-18-9-14(19-16)15-5-4-6-22-15;1-6-4-7(2)9(11(14)15-3)5-8(6)10(12)13;7-4-5(8)6-2-1-3-9-6/h7-9,15H,4-6H2,1-3H3,(H,18,19);4-5H,1-3H3,(H3,12,13);6H,1-4H2/t15-;;6-/m0.0/s1. The van der Waals surface area contributed by atoms with Crippen LogP contribution >= 0.6 is 15.9 Å². The van der Waals surface area contributed by atoms with Crippen LogP contribution in [0.15, 0.2) is 30.5 Å². The van der Waals surface area contributed by atoms with Crippen LogP contribution in [0.25, 0.3) is 11.4 Å². The molecule has 0 aliphatic carbocycles. The van der Waals surface area contributed by atoms with E-state index >= 15 is 0 Å². The minimum Gasteiger partial charge on any atom is -0.465 e. The number of hydrogen-bond donors (Lipinski definition) is 3. The number of methoxy groups -OCH3 is 2. The zero-order chi connectivity index (χ0) is 34.0. The lowest BCUT2D eigenvalue weighted by molar-refractivity contribution is -0.125. The van der Waals surface area contributed by atoms with Gasteiger partial charge >= 0.3 is 11.9 Å². The molecule has 12 heteroatoms. The lowest BCUT2D eigenvalue weighted by Gasteiger charge is -2.10. The number of aryl methyl sites for hydroxylation is 4. The molecule has 0 saturated carbocycles. The number of imidazole rings is 1. The van der Waals surface area contributed by atoms with Crippen molar-refractivity contribution in [3.63, 3.8) is 0 Å². The lowest BCUT2D eigenvalue weighted by Crippen LogP contribution is -2.19. The quantitative estimate of drug-likeness (QED) is 0.119. The predicted octanol–water partition coefficient (Wildman–Crippen LogP) is 5.84. The number of ketones is 1. The van der Waals surface area contributed by atoms with E-state index in [0.29, 0.717) is 22.0 Å². The number of carbonyl (C=O) groups is 3. The first kappa shape index (κ1) is 36.6. The number of aromatic amines is 1. The van der Waals surface area contributed by atoms with Crippen LogP contribution in [0.2, 0.25) is 0 Å². The maximum atomic E-state index is 11.9. The average Bonchev–Trinajstić information content (AvgIpc) is 3.84. The minimum absolute atomic E-state index is 0.0438. The molecule has 0 radical (unpaired) electrons. The van der Waals surface area contributed by atoms with Gasteiger partial charge in [-0.1, -0.05) is 28.1 Å². The third kappa shape index (κ3) is 9.34. The van der Waals surface area contributed by atoms with Gasteiger partial charge in [-0.3, -0.25) is 10.2 Å². The Morgan fingerprint density at radius 1 is 0.891 bits per heavy atom. The number of nitrogens with one attached hydrogen (secondary N) is 2. The molecule has 3 aromatic rings. The topological polar surface area (TPSA) is 167 Å². The Balaban J connectivity index is 0.000000207. The number of nitrogens with two attached hydrogens (primary N) is 1. The molecule has 0 amide bonds. The van der Waals surface area contributed by atoms with Gasteiger partial charge in [0.1, 0.15) is 17.8 Å². The predicted molar refractivity (Wildman–Crippen MR) is 179 cm³/mol. The summed E-state index contributed by atoms with van der Waals surface area (Å²) in [5.74, 6) is 0.151. The van der Waals surface area contributed by atoms with Crippen molar-refractivity contribution in [1.82, 2.24) is 9.97 Å². The van der Waals surface area contributed by atoms with Crippen LogP contribution in [0.4, 0.5) is 0 Å². The number of nitrogen functional groups attached to an aromatic ring is 1. The molecule has 46 heavy (non-hydrogen) atoms. The van der Waals surface area contributed by atoms with E-state index in [0.717, 1.165) is 78.2 Å². The summed E-state index contributed by atoms with van der Waals surface area (Å²) in [5.41, 5.74) is 12.6. The smallest absolute Gasteiger partial charge is 0.338 e. The monoisotopic (exact) mass is 698 g/mol. The van der Waals surface area contributed by atoms with Gasteiger partial charge in [0.15, 0.2) is 5.78 Å². The maximum absolute atomic E-state index is 11.9.